The maximum absolute atomic E-state index is 11.9. The zero-order valence-corrected chi connectivity index (χ0v) is 13.0. The van der Waals surface area contributed by atoms with Crippen molar-refractivity contribution in [3.8, 4) is 0 Å². The fourth-order valence-corrected chi connectivity index (χ4v) is 2.52. The molecule has 0 saturated heterocycles. The quantitative estimate of drug-likeness (QED) is 0.890. The summed E-state index contributed by atoms with van der Waals surface area (Å²) < 4.78 is 5.30. The van der Waals surface area contributed by atoms with E-state index in [0.29, 0.717) is 5.92 Å². The summed E-state index contributed by atoms with van der Waals surface area (Å²) in [5.74, 6) is 1.35. The molecule has 1 aromatic heterocycles. The molecule has 5 nitrogen and oxygen atoms in total. The predicted molar refractivity (Wildman–Crippen MR) is 77.7 cm³/mol. The summed E-state index contributed by atoms with van der Waals surface area (Å²) in [6, 6.07) is -0.123. The van der Waals surface area contributed by atoms with Gasteiger partial charge in [-0.3, -0.25) is 0 Å². The van der Waals surface area contributed by atoms with Crippen LogP contribution < -0.4 is 5.32 Å². The molecule has 5 heteroatoms. The van der Waals surface area contributed by atoms with Gasteiger partial charge in [-0.2, -0.15) is 0 Å². The highest BCUT2D eigenvalue weighted by Crippen LogP contribution is 2.32. The predicted octanol–water partition coefficient (Wildman–Crippen LogP) is 3.44. The van der Waals surface area contributed by atoms with Gasteiger partial charge in [-0.1, -0.05) is 13.8 Å². The van der Waals surface area contributed by atoms with Crippen molar-refractivity contribution in [1.82, 2.24) is 15.3 Å². The molecule has 0 fully saturated rings. The molecule has 1 amide bonds. The van der Waals surface area contributed by atoms with Crippen molar-refractivity contribution in [3.63, 3.8) is 0 Å². The molecular weight excluding hydrogens is 254 g/mol. The molecule has 2 N–H and O–H groups in total. The molecule has 112 valence electrons. The molecule has 0 radical (unpaired) electrons. The molecular formula is C15H25N3O2. The Hall–Kier alpha value is -1.52. The molecule has 20 heavy (non-hydrogen) atoms. The maximum Gasteiger partial charge on any atom is 0.408 e. The van der Waals surface area contributed by atoms with E-state index in [4.69, 9.17) is 4.74 Å². The number of hydrogen-bond donors (Lipinski definition) is 2. The van der Waals surface area contributed by atoms with E-state index in [2.05, 4.69) is 22.2 Å². The van der Waals surface area contributed by atoms with Crippen molar-refractivity contribution < 1.29 is 9.53 Å². The normalized spacial score (nSPS) is 19.6. The van der Waals surface area contributed by atoms with Crippen molar-refractivity contribution in [2.45, 2.75) is 71.4 Å². The maximum atomic E-state index is 11.9. The minimum absolute atomic E-state index is 0.123. The lowest BCUT2D eigenvalue weighted by atomic mass is 10.1. The van der Waals surface area contributed by atoms with Gasteiger partial charge in [0.2, 0.25) is 0 Å². The van der Waals surface area contributed by atoms with Crippen LogP contribution in [0.5, 0.6) is 0 Å². The number of nitrogens with one attached hydrogen (secondary N) is 2. The Balaban J connectivity index is 2.05. The molecule has 0 aromatic carbocycles. The van der Waals surface area contributed by atoms with Crippen LogP contribution in [0.3, 0.4) is 0 Å². The number of rotatable bonds is 3. The lowest BCUT2D eigenvalue weighted by Gasteiger charge is -2.22. The average molecular weight is 279 g/mol. The van der Waals surface area contributed by atoms with Gasteiger partial charge in [-0.15, -0.1) is 0 Å². The lowest BCUT2D eigenvalue weighted by molar-refractivity contribution is 0.0500. The second-order valence-corrected chi connectivity index (χ2v) is 6.53. The summed E-state index contributed by atoms with van der Waals surface area (Å²) in [5, 5.41) is 2.89. The smallest absolute Gasteiger partial charge is 0.408 e. The number of fused-ring (bicyclic) bond motifs is 1. The largest absolute Gasteiger partial charge is 0.444 e. The van der Waals surface area contributed by atoms with Gasteiger partial charge < -0.3 is 15.0 Å². The molecule has 0 bridgehead atoms. The Morgan fingerprint density at radius 3 is 2.80 bits per heavy atom. The molecule has 2 atom stereocenters. The molecule has 1 heterocycles. The molecule has 1 unspecified atom stereocenters. The van der Waals surface area contributed by atoms with Gasteiger partial charge >= 0.3 is 6.09 Å². The van der Waals surface area contributed by atoms with Crippen molar-refractivity contribution in [2.75, 3.05) is 0 Å². The molecule has 1 aromatic rings. The Morgan fingerprint density at radius 2 is 2.25 bits per heavy atom. The Kier molecular flexibility index (Phi) is 4.06. The van der Waals surface area contributed by atoms with Crippen molar-refractivity contribution in [2.24, 2.45) is 0 Å². The van der Waals surface area contributed by atoms with E-state index in [1.54, 1.807) is 0 Å². The first-order valence-electron chi connectivity index (χ1n) is 7.38. The summed E-state index contributed by atoms with van der Waals surface area (Å²) in [5.41, 5.74) is 1.89. The topological polar surface area (TPSA) is 67.0 Å². The van der Waals surface area contributed by atoms with Gasteiger partial charge in [0, 0.05) is 11.6 Å². The molecule has 1 aliphatic carbocycles. The number of ether oxygens (including phenoxy) is 1. The molecule has 1 aliphatic rings. The van der Waals surface area contributed by atoms with Crippen LogP contribution in [0.1, 0.15) is 76.6 Å². The van der Waals surface area contributed by atoms with Crippen LogP contribution in [0.15, 0.2) is 0 Å². The number of amides is 1. The fourth-order valence-electron chi connectivity index (χ4n) is 2.52. The summed E-state index contributed by atoms with van der Waals surface area (Å²) in [4.78, 5) is 19.9. The minimum Gasteiger partial charge on any atom is -0.444 e. The van der Waals surface area contributed by atoms with E-state index >= 15 is 0 Å². The summed E-state index contributed by atoms with van der Waals surface area (Å²) in [7, 11) is 0. The van der Waals surface area contributed by atoms with Crippen LogP contribution in [-0.4, -0.2) is 21.7 Å². The van der Waals surface area contributed by atoms with Crippen LogP contribution in [0, 0.1) is 0 Å². The van der Waals surface area contributed by atoms with Crippen LogP contribution in [0.2, 0.25) is 0 Å². The highest BCUT2D eigenvalue weighted by atomic mass is 16.6. The van der Waals surface area contributed by atoms with E-state index in [0.717, 1.165) is 30.8 Å². The van der Waals surface area contributed by atoms with Gasteiger partial charge in [0.1, 0.15) is 11.4 Å². The minimum atomic E-state index is -0.484. The van der Waals surface area contributed by atoms with Gasteiger partial charge in [-0.05, 0) is 40.0 Å². The monoisotopic (exact) mass is 279 g/mol. The third-order valence-corrected chi connectivity index (χ3v) is 3.55. The average Bonchev–Trinajstić information content (AvgIpc) is 2.87. The second kappa shape index (κ2) is 5.46. The molecule has 0 saturated carbocycles. The molecule has 0 aliphatic heterocycles. The van der Waals surface area contributed by atoms with Gasteiger partial charge in [-0.25, -0.2) is 9.78 Å². The van der Waals surface area contributed by atoms with Gasteiger partial charge in [0.25, 0.3) is 0 Å². The summed E-state index contributed by atoms with van der Waals surface area (Å²) >= 11 is 0. The number of H-pyrrole nitrogens is 1. The van der Waals surface area contributed by atoms with E-state index in [1.165, 1.54) is 5.69 Å². The van der Waals surface area contributed by atoms with Crippen molar-refractivity contribution in [3.05, 3.63) is 17.2 Å². The Bertz CT molecular complexity index is 488. The third-order valence-electron chi connectivity index (χ3n) is 3.55. The van der Waals surface area contributed by atoms with Gasteiger partial charge in [0.05, 0.1) is 11.7 Å². The zero-order valence-electron chi connectivity index (χ0n) is 13.0. The van der Waals surface area contributed by atoms with E-state index in [9.17, 15) is 4.79 Å². The third kappa shape index (κ3) is 3.32. The van der Waals surface area contributed by atoms with Crippen molar-refractivity contribution >= 4 is 6.09 Å². The molecule has 0 spiro atoms. The summed E-state index contributed by atoms with van der Waals surface area (Å²) in [6.07, 6.45) is 2.59. The number of imidazole rings is 1. The fraction of sp³-hybridized carbons (Fsp3) is 0.733. The van der Waals surface area contributed by atoms with Crippen LogP contribution in [0.4, 0.5) is 4.79 Å². The van der Waals surface area contributed by atoms with E-state index in [-0.39, 0.29) is 6.04 Å². The number of hydrogen-bond acceptors (Lipinski definition) is 3. The van der Waals surface area contributed by atoms with E-state index in [1.807, 2.05) is 27.7 Å². The Labute approximate surface area is 120 Å². The second-order valence-electron chi connectivity index (χ2n) is 6.53. The Morgan fingerprint density at radius 1 is 1.55 bits per heavy atom. The van der Waals surface area contributed by atoms with E-state index < -0.39 is 11.7 Å². The van der Waals surface area contributed by atoms with Crippen LogP contribution in [-0.2, 0) is 11.2 Å². The SMILES string of the molecule is CC[C@H](NC(=O)OC(C)(C)C)c1nc2c([nH]1)CCC2C. The number of aromatic amines is 1. The number of carbonyl (C=O) groups is 1. The highest BCUT2D eigenvalue weighted by molar-refractivity contribution is 5.68. The number of alkyl carbamates (subject to hydrolysis) is 1. The summed E-state index contributed by atoms with van der Waals surface area (Å²) in [6.45, 7) is 9.79. The first-order chi connectivity index (χ1) is 9.30. The zero-order chi connectivity index (χ0) is 14.9. The number of carbonyl (C=O) groups excluding carboxylic acids is 1. The van der Waals surface area contributed by atoms with Gasteiger partial charge in [0.15, 0.2) is 0 Å². The van der Waals surface area contributed by atoms with Crippen LogP contribution >= 0.6 is 0 Å². The van der Waals surface area contributed by atoms with Crippen LogP contribution in [0.25, 0.3) is 0 Å². The number of aryl methyl sites for hydroxylation is 1. The first-order valence-corrected chi connectivity index (χ1v) is 7.38. The first kappa shape index (κ1) is 14.9. The lowest BCUT2D eigenvalue weighted by Crippen LogP contribution is -2.35. The molecule has 2 rings (SSSR count). The standard InChI is InChI=1S/C15H25N3O2/c1-6-10(17-14(19)20-15(3,4)5)13-16-11-8-7-9(2)12(11)18-13/h9-10H,6-8H2,1-5H3,(H,16,18)(H,17,19)/t9?,10-/m0/s1. The number of nitrogens with zero attached hydrogens (tertiary/aromatic N) is 1. The highest BCUT2D eigenvalue weighted by Gasteiger charge is 2.27. The number of aromatic nitrogens is 2. The van der Waals surface area contributed by atoms with Crippen molar-refractivity contribution in [1.29, 1.82) is 0 Å².